The minimum atomic E-state index is -0.469. The predicted octanol–water partition coefficient (Wildman–Crippen LogP) is 12.3. The summed E-state index contributed by atoms with van der Waals surface area (Å²) in [6.45, 7) is 0. The lowest BCUT2D eigenvalue weighted by molar-refractivity contribution is 0.436. The molecule has 0 bridgehead atoms. The largest absolute Gasteiger partial charge is 0.457 e. The third-order valence-electron chi connectivity index (χ3n) is 10.4. The molecule has 10 rings (SSSR count). The molecule has 1 heteroatoms. The topological polar surface area (TPSA) is 9.23 Å². The van der Waals surface area contributed by atoms with Gasteiger partial charge in [-0.25, -0.2) is 0 Å². The highest BCUT2D eigenvalue weighted by Crippen LogP contribution is 2.62. The average Bonchev–Trinajstić information content (AvgIpc) is 3.45. The van der Waals surface area contributed by atoms with Gasteiger partial charge in [0.25, 0.3) is 0 Å². The molecule has 0 saturated carbocycles. The van der Waals surface area contributed by atoms with E-state index in [4.69, 9.17) is 4.74 Å². The number of benzene rings is 8. The fourth-order valence-electron chi connectivity index (χ4n) is 8.33. The molecule has 1 heterocycles. The number of para-hydroxylation sites is 1. The normalized spacial score (nSPS) is 13.3. The first-order valence-electron chi connectivity index (χ1n) is 16.6. The summed E-state index contributed by atoms with van der Waals surface area (Å²) in [5.41, 5.74) is 14.2. The van der Waals surface area contributed by atoms with E-state index in [0.29, 0.717) is 0 Å². The second-order valence-electron chi connectivity index (χ2n) is 12.8. The van der Waals surface area contributed by atoms with Gasteiger partial charge in [0.2, 0.25) is 0 Å². The van der Waals surface area contributed by atoms with Gasteiger partial charge in [-0.15, -0.1) is 0 Å². The lowest BCUT2D eigenvalue weighted by Gasteiger charge is -2.39. The molecule has 48 heavy (non-hydrogen) atoms. The Labute approximate surface area is 280 Å². The van der Waals surface area contributed by atoms with Gasteiger partial charge in [-0.2, -0.15) is 0 Å². The minimum absolute atomic E-state index is 0.469. The van der Waals surface area contributed by atoms with Crippen LogP contribution in [-0.4, -0.2) is 0 Å². The molecule has 0 unspecified atom stereocenters. The Kier molecular flexibility index (Phi) is 5.86. The smallest absolute Gasteiger partial charge is 0.132 e. The summed E-state index contributed by atoms with van der Waals surface area (Å²) in [5, 5.41) is 2.50. The van der Waals surface area contributed by atoms with Crippen LogP contribution in [-0.2, 0) is 5.41 Å². The molecule has 8 aromatic carbocycles. The number of fused-ring (bicyclic) bond motifs is 10. The first-order chi connectivity index (χ1) is 23.8. The van der Waals surface area contributed by atoms with Gasteiger partial charge in [-0.1, -0.05) is 164 Å². The van der Waals surface area contributed by atoms with Gasteiger partial charge in [0, 0.05) is 11.1 Å². The summed E-state index contributed by atoms with van der Waals surface area (Å²) in [6.07, 6.45) is 0. The van der Waals surface area contributed by atoms with Crippen LogP contribution >= 0.6 is 0 Å². The van der Waals surface area contributed by atoms with Crippen molar-refractivity contribution in [2.45, 2.75) is 5.41 Å². The van der Waals surface area contributed by atoms with Gasteiger partial charge in [0.15, 0.2) is 0 Å². The Bertz CT molecular complexity index is 2490. The van der Waals surface area contributed by atoms with Crippen LogP contribution in [0.15, 0.2) is 182 Å². The summed E-state index contributed by atoms with van der Waals surface area (Å²) in [7, 11) is 0. The molecule has 0 radical (unpaired) electrons. The molecule has 0 amide bonds. The summed E-state index contributed by atoms with van der Waals surface area (Å²) in [4.78, 5) is 0. The van der Waals surface area contributed by atoms with Crippen LogP contribution in [0.5, 0.6) is 11.5 Å². The van der Waals surface area contributed by atoms with E-state index in [1.54, 1.807) is 0 Å². The Morgan fingerprint density at radius 3 is 1.71 bits per heavy atom. The van der Waals surface area contributed by atoms with Gasteiger partial charge in [0.1, 0.15) is 11.5 Å². The van der Waals surface area contributed by atoms with Gasteiger partial charge < -0.3 is 4.74 Å². The maximum absolute atomic E-state index is 6.87. The first kappa shape index (κ1) is 27.0. The quantitative estimate of drug-likeness (QED) is 0.193. The van der Waals surface area contributed by atoms with Crippen molar-refractivity contribution < 1.29 is 4.74 Å². The highest BCUT2D eigenvalue weighted by molar-refractivity contribution is 5.99. The molecule has 0 atom stereocenters. The molecule has 1 spiro atoms. The molecule has 0 N–H and O–H groups in total. The van der Waals surface area contributed by atoms with Crippen molar-refractivity contribution in [2.24, 2.45) is 0 Å². The highest BCUT2D eigenvalue weighted by atomic mass is 16.5. The Balaban J connectivity index is 1.23. The molecule has 1 aliphatic heterocycles. The van der Waals surface area contributed by atoms with Crippen molar-refractivity contribution in [3.05, 3.63) is 204 Å². The van der Waals surface area contributed by atoms with Crippen LogP contribution in [0.4, 0.5) is 0 Å². The SMILES string of the molecule is c1ccc(-c2ccc(-c3cccc4ccccc34)cc2-c2ccc3c(c2)Oc2ccccc2C32c3ccccc3-c3ccccc32)cc1. The maximum atomic E-state index is 6.87. The molecule has 2 aliphatic rings. The zero-order valence-corrected chi connectivity index (χ0v) is 26.2. The van der Waals surface area contributed by atoms with E-state index in [1.807, 2.05) is 0 Å². The van der Waals surface area contributed by atoms with E-state index in [9.17, 15) is 0 Å². The van der Waals surface area contributed by atoms with Crippen molar-refractivity contribution in [1.82, 2.24) is 0 Å². The van der Waals surface area contributed by atoms with Crippen LogP contribution < -0.4 is 4.74 Å². The minimum Gasteiger partial charge on any atom is -0.457 e. The summed E-state index contributed by atoms with van der Waals surface area (Å²) < 4.78 is 6.87. The average molecular weight is 611 g/mol. The van der Waals surface area contributed by atoms with E-state index in [1.165, 1.54) is 72.0 Å². The second kappa shape index (κ2) is 10.4. The molecule has 8 aromatic rings. The molecular weight excluding hydrogens is 581 g/mol. The Morgan fingerprint density at radius 2 is 0.896 bits per heavy atom. The first-order valence-corrected chi connectivity index (χ1v) is 16.6. The van der Waals surface area contributed by atoms with Crippen molar-refractivity contribution in [3.63, 3.8) is 0 Å². The Morgan fingerprint density at radius 1 is 0.312 bits per heavy atom. The number of hydrogen-bond acceptors (Lipinski definition) is 1. The van der Waals surface area contributed by atoms with Crippen molar-refractivity contribution in [1.29, 1.82) is 0 Å². The van der Waals surface area contributed by atoms with Crippen LogP contribution in [0.2, 0.25) is 0 Å². The van der Waals surface area contributed by atoms with E-state index < -0.39 is 5.41 Å². The molecular formula is C47H30O. The monoisotopic (exact) mass is 610 g/mol. The van der Waals surface area contributed by atoms with Gasteiger partial charge >= 0.3 is 0 Å². The van der Waals surface area contributed by atoms with Gasteiger partial charge in [-0.05, 0) is 84.6 Å². The molecule has 224 valence electrons. The maximum Gasteiger partial charge on any atom is 0.132 e. The summed E-state index contributed by atoms with van der Waals surface area (Å²) >= 11 is 0. The third-order valence-corrected chi connectivity index (χ3v) is 10.4. The van der Waals surface area contributed by atoms with Gasteiger partial charge in [0.05, 0.1) is 5.41 Å². The van der Waals surface area contributed by atoms with Crippen LogP contribution in [0.3, 0.4) is 0 Å². The predicted molar refractivity (Wildman–Crippen MR) is 198 cm³/mol. The molecule has 1 nitrogen and oxygen atoms in total. The molecule has 1 aliphatic carbocycles. The van der Waals surface area contributed by atoms with Crippen LogP contribution in [0.25, 0.3) is 55.3 Å². The van der Waals surface area contributed by atoms with E-state index >= 15 is 0 Å². The van der Waals surface area contributed by atoms with E-state index in [0.717, 1.165) is 17.1 Å². The van der Waals surface area contributed by atoms with Crippen molar-refractivity contribution in [3.8, 4) is 56.0 Å². The Hall–Kier alpha value is -6.18. The standard InChI is InChI=1S/C47H30O/c1-2-13-31(14-3-1)37-27-25-33(36-20-12-16-32-15-4-5-17-35(32)36)29-40(37)34-26-28-44-46(30-34)48-45-24-11-10-23-43(45)47(44)41-21-8-6-18-38(41)39-19-7-9-22-42(39)47/h1-30H. The summed E-state index contributed by atoms with van der Waals surface area (Å²) in [5.74, 6) is 1.80. The highest BCUT2D eigenvalue weighted by Gasteiger charge is 2.50. The lowest BCUT2D eigenvalue weighted by atomic mass is 9.66. The van der Waals surface area contributed by atoms with Crippen molar-refractivity contribution >= 4 is 10.8 Å². The fraction of sp³-hybridized carbons (Fsp3) is 0.0213. The lowest BCUT2D eigenvalue weighted by Crippen LogP contribution is -2.32. The van der Waals surface area contributed by atoms with Crippen LogP contribution in [0.1, 0.15) is 22.3 Å². The fourth-order valence-corrected chi connectivity index (χ4v) is 8.33. The van der Waals surface area contributed by atoms with Crippen LogP contribution in [0, 0.1) is 0 Å². The second-order valence-corrected chi connectivity index (χ2v) is 12.8. The third kappa shape index (κ3) is 3.79. The number of ether oxygens (including phenoxy) is 1. The molecule has 0 saturated heterocycles. The zero-order valence-electron chi connectivity index (χ0n) is 26.2. The van der Waals surface area contributed by atoms with E-state index in [-0.39, 0.29) is 0 Å². The number of hydrogen-bond donors (Lipinski definition) is 0. The van der Waals surface area contributed by atoms with Gasteiger partial charge in [-0.3, -0.25) is 0 Å². The zero-order chi connectivity index (χ0) is 31.7. The van der Waals surface area contributed by atoms with E-state index in [2.05, 4.69) is 182 Å². The molecule has 0 fully saturated rings. The number of rotatable bonds is 3. The molecule has 0 aromatic heterocycles. The van der Waals surface area contributed by atoms with Crippen molar-refractivity contribution in [2.75, 3.05) is 0 Å². The summed E-state index contributed by atoms with van der Waals surface area (Å²) in [6, 6.07) is 66.1.